The van der Waals surface area contributed by atoms with E-state index in [2.05, 4.69) is 88.2 Å². The van der Waals surface area contributed by atoms with E-state index in [1.54, 1.807) is 14.2 Å². The molecule has 0 radical (unpaired) electrons. The average molecular weight is 524 g/mol. The third kappa shape index (κ3) is 4.35. The van der Waals surface area contributed by atoms with Crippen LogP contribution >= 0.6 is 35.3 Å². The van der Waals surface area contributed by atoms with Gasteiger partial charge in [0.2, 0.25) is 0 Å². The minimum Gasteiger partial charge on any atom is -0.497 e. The molecule has 28 heavy (non-hydrogen) atoms. The number of methoxy groups -OCH3 is 2. The minimum absolute atomic E-state index is 0.0376. The van der Waals surface area contributed by atoms with E-state index in [1.165, 1.54) is 27.3 Å². The first kappa shape index (κ1) is 21.5. The first-order valence-electron chi connectivity index (χ1n) is 9.06. The number of rotatable bonds is 4. The number of ether oxygens (including phenoxy) is 2. The molecule has 0 saturated carbocycles. The van der Waals surface area contributed by atoms with Gasteiger partial charge in [0, 0.05) is 10.6 Å². The Labute approximate surface area is 184 Å². The number of hydrogen-bond donors (Lipinski definition) is 0. The van der Waals surface area contributed by atoms with Crippen LogP contribution in [0.25, 0.3) is 5.31 Å². The number of halogens is 2. The van der Waals surface area contributed by atoms with Crippen molar-refractivity contribution in [2.45, 2.75) is 20.8 Å². The molecule has 3 rings (SSSR count). The van der Waals surface area contributed by atoms with Gasteiger partial charge in [-0.15, -0.1) is 0 Å². The highest BCUT2D eigenvalue weighted by Crippen LogP contribution is 2.76. The molecule has 2 aromatic carbocycles. The lowest BCUT2D eigenvalue weighted by Crippen LogP contribution is -2.13. The lowest BCUT2D eigenvalue weighted by molar-refractivity contribution is 0.414. The molecule has 1 aliphatic heterocycles. The summed E-state index contributed by atoms with van der Waals surface area (Å²) in [6, 6.07) is 16.5. The Hall–Kier alpha value is -1.22. The second kappa shape index (κ2) is 8.26. The van der Waals surface area contributed by atoms with Gasteiger partial charge in [0.25, 0.3) is 0 Å². The minimum atomic E-state index is -1.91. The highest BCUT2D eigenvalue weighted by Gasteiger charge is 2.30. The second-order valence-electron chi connectivity index (χ2n) is 7.74. The molecule has 5 heteroatoms. The van der Waals surface area contributed by atoms with Crippen LogP contribution in [0.15, 0.2) is 66.3 Å². The van der Waals surface area contributed by atoms with Gasteiger partial charge in [-0.25, -0.2) is 0 Å². The molecule has 1 heterocycles. The van der Waals surface area contributed by atoms with Crippen LogP contribution in [0.3, 0.4) is 0 Å². The van der Waals surface area contributed by atoms with Crippen LogP contribution in [0.4, 0.5) is 0 Å². The highest BCUT2D eigenvalue weighted by molar-refractivity contribution is 9.73. The molecular weight excluding hydrogens is 499 g/mol. The smallest absolute Gasteiger partial charge is 0.118 e. The van der Waals surface area contributed by atoms with Gasteiger partial charge in [-0.05, 0) is 89.5 Å². The molecule has 0 unspecified atom stereocenters. The summed E-state index contributed by atoms with van der Waals surface area (Å²) in [5.41, 5.74) is 3.71. The van der Waals surface area contributed by atoms with Crippen molar-refractivity contribution in [2.75, 3.05) is 14.2 Å². The summed E-state index contributed by atoms with van der Waals surface area (Å²) in [6.45, 7) is 6.75. The largest absolute Gasteiger partial charge is 0.497 e. The van der Waals surface area contributed by atoms with Crippen LogP contribution in [0.1, 0.15) is 31.9 Å². The Morgan fingerprint density at radius 2 is 1.18 bits per heavy atom. The Morgan fingerprint density at radius 1 is 0.714 bits per heavy atom. The van der Waals surface area contributed by atoms with Crippen LogP contribution in [0, 0.1) is 5.41 Å². The van der Waals surface area contributed by atoms with E-state index in [9.17, 15) is 0 Å². The monoisotopic (exact) mass is 522 g/mol. The number of allylic oxidation sites excluding steroid dienone is 3. The topological polar surface area (TPSA) is 18.5 Å². The van der Waals surface area contributed by atoms with Gasteiger partial charge in [0.15, 0.2) is 0 Å². The van der Waals surface area contributed by atoms with Crippen LogP contribution in [-0.4, -0.2) is 19.5 Å². The van der Waals surface area contributed by atoms with E-state index >= 15 is 0 Å². The summed E-state index contributed by atoms with van der Waals surface area (Å²) in [5, 5.41) is 2.54. The first-order valence-corrected chi connectivity index (χ1v) is 14.9. The summed E-state index contributed by atoms with van der Waals surface area (Å²) in [6.07, 6.45) is 4.65. The quantitative estimate of drug-likeness (QED) is 0.379. The SMILES string of the molecule is COc1ccc(C2=CC(C(C)(C)C)=CC(c3ccc(OC)cc3)=P2(Br)Br)cc1. The molecule has 0 aromatic heterocycles. The molecule has 2 nitrogen and oxygen atoms in total. The van der Waals surface area contributed by atoms with Gasteiger partial charge in [0.05, 0.1) is 18.5 Å². The zero-order chi connectivity index (χ0) is 20.5. The lowest BCUT2D eigenvalue weighted by Gasteiger charge is -2.31. The molecule has 0 saturated heterocycles. The molecule has 1 aliphatic rings. The third-order valence-electron chi connectivity index (χ3n) is 4.83. The van der Waals surface area contributed by atoms with Gasteiger partial charge < -0.3 is 9.47 Å². The van der Waals surface area contributed by atoms with Crippen LogP contribution in [0.5, 0.6) is 11.5 Å². The molecule has 0 amide bonds. The molecule has 0 N–H and O–H groups in total. The Bertz CT molecular complexity index is 973. The maximum atomic E-state index is 5.33. The fourth-order valence-electron chi connectivity index (χ4n) is 3.08. The molecule has 0 bridgehead atoms. The number of hydrogen-bond acceptors (Lipinski definition) is 2. The van der Waals surface area contributed by atoms with Crippen LogP contribution < -0.4 is 9.47 Å². The van der Waals surface area contributed by atoms with Gasteiger partial charge in [-0.2, -0.15) is 0 Å². The summed E-state index contributed by atoms with van der Waals surface area (Å²) in [7, 11) is 3.38. The van der Waals surface area contributed by atoms with Crippen molar-refractivity contribution >= 4 is 45.9 Å². The third-order valence-corrected chi connectivity index (χ3v) is 11.4. The summed E-state index contributed by atoms with van der Waals surface area (Å²) in [5.74, 6) is 1.72. The average Bonchev–Trinajstić information content (AvgIpc) is 2.67. The van der Waals surface area contributed by atoms with Crippen LogP contribution in [0.2, 0.25) is 0 Å². The van der Waals surface area contributed by atoms with E-state index in [1.807, 2.05) is 24.3 Å². The Morgan fingerprint density at radius 3 is 1.61 bits per heavy atom. The van der Waals surface area contributed by atoms with E-state index in [0.717, 1.165) is 11.5 Å². The van der Waals surface area contributed by atoms with Gasteiger partial charge in [0.1, 0.15) is 11.5 Å². The normalized spacial score (nSPS) is 16.3. The van der Waals surface area contributed by atoms with E-state index < -0.39 is 4.29 Å². The van der Waals surface area contributed by atoms with Crippen molar-refractivity contribution in [3.63, 3.8) is 0 Å². The predicted molar refractivity (Wildman–Crippen MR) is 130 cm³/mol. The summed E-state index contributed by atoms with van der Waals surface area (Å²) >= 11 is 8.16. The molecule has 0 atom stereocenters. The van der Waals surface area contributed by atoms with Crippen molar-refractivity contribution in [1.82, 2.24) is 0 Å². The fourth-order valence-corrected chi connectivity index (χ4v) is 8.57. The molecule has 0 fully saturated rings. The van der Waals surface area contributed by atoms with Crippen LogP contribution in [-0.2, 0) is 0 Å². The zero-order valence-electron chi connectivity index (χ0n) is 16.8. The lowest BCUT2D eigenvalue weighted by atomic mass is 9.84. The van der Waals surface area contributed by atoms with Crippen molar-refractivity contribution < 1.29 is 9.47 Å². The molecule has 0 spiro atoms. The molecule has 0 aliphatic carbocycles. The van der Waals surface area contributed by atoms with E-state index in [0.29, 0.717) is 0 Å². The molecule has 148 valence electrons. The molecular formula is C23H25Br2O2P. The number of benzene rings is 2. The van der Waals surface area contributed by atoms with Gasteiger partial charge >= 0.3 is 0 Å². The first-order chi connectivity index (χ1) is 13.2. The highest BCUT2D eigenvalue weighted by atomic mass is 79.9. The molecule has 2 aromatic rings. The van der Waals surface area contributed by atoms with Crippen molar-refractivity contribution in [3.05, 3.63) is 77.4 Å². The standard InChI is InChI=1S/C23H25Br2O2P/c1-23(2,3)18-14-21(16-6-10-19(26-4)11-7-16)28(24,25)22(15-18)17-8-12-20(27-5)13-9-17/h6-15H,1-5H3. The van der Waals surface area contributed by atoms with Crippen molar-refractivity contribution in [1.29, 1.82) is 0 Å². The van der Waals surface area contributed by atoms with Crippen molar-refractivity contribution in [2.24, 2.45) is 5.41 Å². The predicted octanol–water partition coefficient (Wildman–Crippen LogP) is 7.89. The second-order valence-corrected chi connectivity index (χ2v) is 19.0. The summed E-state index contributed by atoms with van der Waals surface area (Å²) < 4.78 is 8.76. The van der Waals surface area contributed by atoms with Gasteiger partial charge in [-0.1, -0.05) is 45.0 Å². The zero-order valence-corrected chi connectivity index (χ0v) is 20.9. The van der Waals surface area contributed by atoms with Crippen molar-refractivity contribution in [3.8, 4) is 11.5 Å². The fraction of sp³-hybridized carbons (Fsp3) is 0.261. The van der Waals surface area contributed by atoms with Gasteiger partial charge in [-0.3, -0.25) is 0 Å². The Kier molecular flexibility index (Phi) is 6.34. The van der Waals surface area contributed by atoms with E-state index in [-0.39, 0.29) is 5.41 Å². The maximum Gasteiger partial charge on any atom is 0.118 e. The summed E-state index contributed by atoms with van der Waals surface area (Å²) in [4.78, 5) is 0. The van der Waals surface area contributed by atoms with E-state index in [4.69, 9.17) is 9.47 Å². The Balaban J connectivity index is 2.23. The maximum absolute atomic E-state index is 5.33.